The number of carbonyl (C=O) groups excluding carboxylic acids is 3. The van der Waals surface area contributed by atoms with Gasteiger partial charge in [-0.2, -0.15) is 50.5 Å². The number of hydrogen-bond acceptors (Lipinski definition) is 27. The van der Waals surface area contributed by atoms with E-state index in [-0.39, 0.29) is 143 Å². The number of nitrogens with one attached hydrogen (secondary N) is 3. The van der Waals surface area contributed by atoms with Crippen LogP contribution in [0.2, 0.25) is 0 Å². The highest BCUT2D eigenvalue weighted by Crippen LogP contribution is 2.41. The molecule has 2 aromatic carbocycles. The fourth-order valence-electron chi connectivity index (χ4n) is 9.85. The van der Waals surface area contributed by atoms with Gasteiger partial charge in [0.25, 0.3) is 72.5 Å². The number of aromatic nitrogens is 6. The summed E-state index contributed by atoms with van der Waals surface area (Å²) in [4.78, 5) is 40.3. The Labute approximate surface area is 610 Å². The van der Waals surface area contributed by atoms with Crippen molar-refractivity contribution < 1.29 is 130 Å². The third kappa shape index (κ3) is 37.6. The summed E-state index contributed by atoms with van der Waals surface area (Å²) in [6.45, 7) is 4.10. The number of ether oxygens (including phenoxy) is 8. The molecule has 0 saturated carbocycles. The molecular formula is C61H93N9O29S6. The molecule has 9 N–H and O–H groups in total. The minimum Gasteiger partial charge on any atom is -0.494 e. The van der Waals surface area contributed by atoms with Gasteiger partial charge in [0.2, 0.25) is 17.4 Å². The molecule has 2 aromatic heterocycles. The van der Waals surface area contributed by atoms with Crippen molar-refractivity contribution in [3.8, 4) is 34.5 Å². The molecule has 0 aliphatic heterocycles. The normalized spacial score (nSPS) is 14.4. The summed E-state index contributed by atoms with van der Waals surface area (Å²) in [6, 6.07) is 5.03. The fourth-order valence-corrected chi connectivity index (χ4v) is 12.7. The summed E-state index contributed by atoms with van der Waals surface area (Å²) in [5.74, 6) is -5.90. The van der Waals surface area contributed by atoms with Gasteiger partial charge in [-0.3, -0.25) is 51.1 Å². The lowest BCUT2D eigenvalue weighted by Gasteiger charge is -2.31. The average molecular weight is 1610 g/mol. The predicted molar refractivity (Wildman–Crippen MR) is 376 cm³/mol. The lowest BCUT2D eigenvalue weighted by Crippen LogP contribution is -2.35. The van der Waals surface area contributed by atoms with E-state index in [0.717, 1.165) is 6.42 Å². The van der Waals surface area contributed by atoms with Crippen LogP contribution in [0.4, 0.5) is 0 Å². The molecule has 0 radical (unpaired) electrons. The molecule has 38 nitrogen and oxygen atoms in total. The topological polar surface area (TPSA) is 549 Å². The molecule has 5 rings (SSSR count). The molecule has 592 valence electrons. The van der Waals surface area contributed by atoms with Crippen LogP contribution in [0.25, 0.3) is 0 Å². The van der Waals surface area contributed by atoms with Crippen LogP contribution in [0.3, 0.4) is 0 Å². The SMILES string of the molecule is CCCNC(=O)C1=CC(OCCCCc2cn(CCCNC(=O)c3cc(OCCCS(=O)(=O)O)c(OCCCS(=O)(=O)O)c(OCCCS(=O)(=O)O)c3)nn2)=CC(C)(OCCCCc2cn(CCCNC(=O)c3cc(OCCCS(=O)(=O)O)c(OCCCS(=O)(=O)O)c(OCCCS(=O)(=O)O)c3)nn2)C1. The average Bonchev–Trinajstić information content (AvgIpc) is 1.33. The van der Waals surface area contributed by atoms with Gasteiger partial charge in [0.15, 0.2) is 23.0 Å². The van der Waals surface area contributed by atoms with Gasteiger partial charge in [0, 0.05) is 74.8 Å². The first kappa shape index (κ1) is 88.3. The summed E-state index contributed by atoms with van der Waals surface area (Å²) in [5.41, 5.74) is 0.978. The van der Waals surface area contributed by atoms with Crippen LogP contribution in [-0.4, -0.2) is 238 Å². The van der Waals surface area contributed by atoms with E-state index in [1.54, 1.807) is 27.8 Å². The van der Waals surface area contributed by atoms with E-state index < -0.39 is 113 Å². The summed E-state index contributed by atoms with van der Waals surface area (Å²) in [7, 11) is -26.2. The Bertz CT molecular complexity index is 4150. The molecule has 1 atom stereocenters. The number of carbonyl (C=O) groups is 3. The second-order valence-electron chi connectivity index (χ2n) is 24.3. The van der Waals surface area contributed by atoms with E-state index in [4.69, 9.17) is 37.9 Å². The smallest absolute Gasteiger partial charge is 0.264 e. The van der Waals surface area contributed by atoms with Gasteiger partial charge in [-0.1, -0.05) is 17.4 Å². The van der Waals surface area contributed by atoms with Crippen LogP contribution in [-0.2, 0) is 101 Å². The monoisotopic (exact) mass is 1610 g/mol. The van der Waals surface area contributed by atoms with Crippen LogP contribution in [0.15, 0.2) is 60.1 Å². The second-order valence-corrected chi connectivity index (χ2v) is 33.7. The molecule has 1 unspecified atom stereocenters. The lowest BCUT2D eigenvalue weighted by atomic mass is 9.89. The first-order chi connectivity index (χ1) is 49.3. The Morgan fingerprint density at radius 1 is 0.438 bits per heavy atom. The lowest BCUT2D eigenvalue weighted by molar-refractivity contribution is -0.118. The maximum atomic E-state index is 13.5. The molecule has 3 amide bonds. The minimum atomic E-state index is -4.36. The first-order valence-electron chi connectivity index (χ1n) is 33.5. The zero-order chi connectivity index (χ0) is 77.3. The van der Waals surface area contributed by atoms with Gasteiger partial charge in [0.1, 0.15) is 5.76 Å². The standard InChI is InChI=1S/C61H93N9O29S6/c1-3-18-62-60(73)48-37-51(92-23-6-4-16-49-44-69(67-65-49)21-8-19-63-58(71)46-38-52(93-24-10-31-100(74,75)76)56(97-28-14-35-104(86,87)88)53(39-46)94-25-11-32-101(77,78)79)43-61(2,42-48)99-30-7-5-17-50-45-70(68-66-50)22-9-20-64-59(72)47-40-54(95-26-12-33-102(80,81)82)57(98-29-15-36-105(89,90)91)55(41-47)96-27-13-34-103(83,84)85/h37-41,43-45H,3-36,42H2,1-2H3,(H,62,73)(H,63,71)(H,64,72)(H,74,75,76)(H,77,78,79)(H,80,81,82)(H,83,84,85)(H,86,87,88)(H,89,90,91). The van der Waals surface area contributed by atoms with Gasteiger partial charge < -0.3 is 53.8 Å². The van der Waals surface area contributed by atoms with E-state index in [2.05, 4.69) is 36.6 Å². The molecule has 0 bridgehead atoms. The molecule has 0 spiro atoms. The highest BCUT2D eigenvalue weighted by molar-refractivity contribution is 7.86. The largest absolute Gasteiger partial charge is 0.494 e. The Kier molecular flexibility index (Phi) is 36.0. The summed E-state index contributed by atoms with van der Waals surface area (Å²) in [6.07, 6.45) is 11.5. The summed E-state index contributed by atoms with van der Waals surface area (Å²) in [5, 5.41) is 25.5. The Hall–Kier alpha value is -7.37. The quantitative estimate of drug-likeness (QED) is 0.0226. The Morgan fingerprint density at radius 3 is 1.12 bits per heavy atom. The van der Waals surface area contributed by atoms with Crippen molar-refractivity contribution in [2.45, 2.75) is 135 Å². The van der Waals surface area contributed by atoms with Crippen molar-refractivity contribution in [3.05, 3.63) is 82.7 Å². The summed E-state index contributed by atoms with van der Waals surface area (Å²) < 4.78 is 241. The zero-order valence-electron chi connectivity index (χ0n) is 58.1. The Balaban J connectivity index is 1.08. The number of rotatable bonds is 55. The second kappa shape index (κ2) is 42.8. The predicted octanol–water partition coefficient (Wildman–Crippen LogP) is 3.33. The molecule has 44 heteroatoms. The van der Waals surface area contributed by atoms with E-state index in [1.807, 2.05) is 19.9 Å². The molecule has 0 saturated heterocycles. The van der Waals surface area contributed by atoms with Crippen molar-refractivity contribution in [2.75, 3.05) is 107 Å². The van der Waals surface area contributed by atoms with Crippen LogP contribution in [0.5, 0.6) is 34.5 Å². The first-order valence-corrected chi connectivity index (χ1v) is 43.2. The van der Waals surface area contributed by atoms with Gasteiger partial charge in [-0.05, 0) is 140 Å². The molecular weight excluding hydrogens is 1520 g/mol. The highest BCUT2D eigenvalue weighted by Gasteiger charge is 2.32. The Morgan fingerprint density at radius 2 is 0.771 bits per heavy atom. The van der Waals surface area contributed by atoms with Crippen molar-refractivity contribution in [3.63, 3.8) is 0 Å². The van der Waals surface area contributed by atoms with Crippen LogP contribution < -0.4 is 44.4 Å². The molecule has 4 aromatic rings. The molecule has 0 fully saturated rings. The zero-order valence-corrected chi connectivity index (χ0v) is 63.0. The van der Waals surface area contributed by atoms with Crippen molar-refractivity contribution in [1.82, 2.24) is 45.9 Å². The molecule has 1 aliphatic carbocycles. The third-order valence-corrected chi connectivity index (χ3v) is 19.6. The van der Waals surface area contributed by atoms with Gasteiger partial charge in [-0.25, -0.2) is 0 Å². The van der Waals surface area contributed by atoms with Gasteiger partial charge >= 0.3 is 0 Å². The van der Waals surface area contributed by atoms with E-state index >= 15 is 0 Å². The third-order valence-electron chi connectivity index (χ3n) is 14.7. The fraction of sp³-hybridized carbons (Fsp3) is 0.623. The van der Waals surface area contributed by atoms with Crippen molar-refractivity contribution >= 4 is 78.4 Å². The number of benzene rings is 2. The maximum absolute atomic E-state index is 13.5. The number of allylic oxidation sites excluding steroid dienone is 1. The van der Waals surface area contributed by atoms with Crippen LogP contribution in [0.1, 0.15) is 136 Å². The molecule has 105 heavy (non-hydrogen) atoms. The number of nitrogens with zero attached hydrogens (tertiary/aromatic N) is 6. The van der Waals surface area contributed by atoms with Crippen molar-refractivity contribution in [1.29, 1.82) is 0 Å². The highest BCUT2D eigenvalue weighted by atomic mass is 32.2. The van der Waals surface area contributed by atoms with Crippen LogP contribution in [0, 0.1) is 0 Å². The van der Waals surface area contributed by atoms with Gasteiger partial charge in [-0.15, -0.1) is 10.2 Å². The molecule has 2 heterocycles. The number of aryl methyl sites for hydroxylation is 4. The minimum absolute atomic E-state index is 0.0324. The van der Waals surface area contributed by atoms with E-state index in [0.29, 0.717) is 113 Å². The molecule has 1 aliphatic rings. The van der Waals surface area contributed by atoms with Gasteiger partial charge in [0.05, 0.1) is 97.8 Å². The van der Waals surface area contributed by atoms with Crippen LogP contribution >= 0.6 is 0 Å². The number of amides is 3. The van der Waals surface area contributed by atoms with Crippen molar-refractivity contribution in [2.24, 2.45) is 0 Å². The number of unbranched alkanes of at least 4 members (excludes halogenated alkanes) is 2. The van der Waals surface area contributed by atoms with E-state index in [1.165, 1.54) is 24.3 Å². The maximum Gasteiger partial charge on any atom is 0.264 e. The van der Waals surface area contributed by atoms with E-state index in [9.17, 15) is 92.2 Å². The number of hydrogen-bond donors (Lipinski definition) is 9. The summed E-state index contributed by atoms with van der Waals surface area (Å²) >= 11 is 0.